The van der Waals surface area contributed by atoms with Crippen LogP contribution in [0.3, 0.4) is 0 Å². The Morgan fingerprint density at radius 3 is 2.62 bits per heavy atom. The first-order valence-electron chi connectivity index (χ1n) is 7.94. The molecule has 2 amide bonds. The van der Waals surface area contributed by atoms with Crippen molar-refractivity contribution in [3.05, 3.63) is 32.1 Å². The van der Waals surface area contributed by atoms with Crippen LogP contribution in [-0.2, 0) is 11.3 Å². The minimum Gasteiger partial charge on any atom is -0.336 e. The summed E-state index contributed by atoms with van der Waals surface area (Å²) in [6.45, 7) is 6.33. The Kier molecular flexibility index (Phi) is 4.73. The lowest BCUT2D eigenvalue weighted by Gasteiger charge is -2.17. The predicted octanol–water partition coefficient (Wildman–Crippen LogP) is 3.75. The number of amides is 2. The molecule has 1 aliphatic rings. The van der Waals surface area contributed by atoms with E-state index in [1.54, 1.807) is 23.3 Å². The fraction of sp³-hybridized carbons (Fsp3) is 0.471. The van der Waals surface area contributed by atoms with E-state index < -0.39 is 0 Å². The van der Waals surface area contributed by atoms with E-state index in [4.69, 9.17) is 0 Å². The summed E-state index contributed by atoms with van der Waals surface area (Å²) in [5.74, 6) is 0.0723. The third kappa shape index (κ3) is 3.52. The molecule has 5 nitrogen and oxygen atoms in total. The molecule has 1 N–H and O–H groups in total. The lowest BCUT2D eigenvalue weighted by atomic mass is 10.1. The van der Waals surface area contributed by atoms with Crippen molar-refractivity contribution in [1.29, 1.82) is 0 Å². The second kappa shape index (κ2) is 6.64. The number of rotatable bonds is 5. The van der Waals surface area contributed by atoms with Gasteiger partial charge < -0.3 is 10.2 Å². The third-order valence-corrected chi connectivity index (χ3v) is 6.14. The quantitative estimate of drug-likeness (QED) is 0.880. The Balaban J connectivity index is 1.81. The van der Waals surface area contributed by atoms with Crippen LogP contribution in [-0.4, -0.2) is 28.7 Å². The summed E-state index contributed by atoms with van der Waals surface area (Å²) in [7, 11) is 1.77. The van der Waals surface area contributed by atoms with E-state index >= 15 is 0 Å². The molecule has 0 aliphatic heterocycles. The van der Waals surface area contributed by atoms with Gasteiger partial charge >= 0.3 is 0 Å². The van der Waals surface area contributed by atoms with Gasteiger partial charge in [-0.15, -0.1) is 22.7 Å². The number of anilines is 1. The lowest BCUT2D eigenvalue weighted by Crippen LogP contribution is -2.28. The fourth-order valence-electron chi connectivity index (χ4n) is 2.52. The molecule has 128 valence electrons. The number of hydrogen-bond donors (Lipinski definition) is 1. The van der Waals surface area contributed by atoms with Gasteiger partial charge in [0.2, 0.25) is 5.91 Å². The Hall–Kier alpha value is -1.73. The molecule has 0 bridgehead atoms. The first kappa shape index (κ1) is 17.1. The van der Waals surface area contributed by atoms with Gasteiger partial charge in [0.05, 0.1) is 22.8 Å². The molecule has 2 aromatic rings. The zero-order valence-electron chi connectivity index (χ0n) is 14.3. The first-order valence-corrected chi connectivity index (χ1v) is 9.63. The molecule has 1 aliphatic carbocycles. The highest BCUT2D eigenvalue weighted by atomic mass is 32.1. The van der Waals surface area contributed by atoms with E-state index in [1.165, 1.54) is 11.3 Å². The summed E-state index contributed by atoms with van der Waals surface area (Å²) in [5, 5.41) is 6.59. The van der Waals surface area contributed by atoms with Crippen LogP contribution in [0.1, 0.15) is 44.3 Å². The SMILES string of the molecule is Cc1nc(CN(C)C(=O)c2c(NC(=O)C3CC3)sc(C)c2C)cs1. The van der Waals surface area contributed by atoms with E-state index in [0.717, 1.165) is 34.0 Å². The maximum absolute atomic E-state index is 12.9. The van der Waals surface area contributed by atoms with Gasteiger partial charge in [-0.05, 0) is 39.2 Å². The van der Waals surface area contributed by atoms with Gasteiger partial charge in [0, 0.05) is 23.2 Å². The highest BCUT2D eigenvalue weighted by Gasteiger charge is 2.32. The van der Waals surface area contributed by atoms with Crippen molar-refractivity contribution < 1.29 is 9.59 Å². The van der Waals surface area contributed by atoms with Gasteiger partial charge in [-0.25, -0.2) is 4.98 Å². The molecule has 0 atom stereocenters. The van der Waals surface area contributed by atoms with Crippen LogP contribution in [0.4, 0.5) is 5.00 Å². The number of thiophene rings is 1. The van der Waals surface area contributed by atoms with E-state index in [2.05, 4.69) is 10.3 Å². The number of nitrogens with zero attached hydrogens (tertiary/aromatic N) is 2. The predicted molar refractivity (Wildman–Crippen MR) is 97.8 cm³/mol. The van der Waals surface area contributed by atoms with E-state index in [-0.39, 0.29) is 17.7 Å². The largest absolute Gasteiger partial charge is 0.336 e. The van der Waals surface area contributed by atoms with Crippen molar-refractivity contribution >= 4 is 39.5 Å². The number of aromatic nitrogens is 1. The molecular weight excluding hydrogens is 342 g/mol. The topological polar surface area (TPSA) is 62.3 Å². The zero-order chi connectivity index (χ0) is 17.4. The van der Waals surface area contributed by atoms with Gasteiger partial charge in [-0.2, -0.15) is 0 Å². The maximum atomic E-state index is 12.9. The molecule has 1 fully saturated rings. The summed E-state index contributed by atoms with van der Waals surface area (Å²) in [6, 6.07) is 0. The van der Waals surface area contributed by atoms with Crippen molar-refractivity contribution in [3.8, 4) is 0 Å². The van der Waals surface area contributed by atoms with Crippen LogP contribution in [0.25, 0.3) is 0 Å². The average Bonchev–Trinajstić information content (AvgIpc) is 3.25. The molecule has 2 aromatic heterocycles. The summed E-state index contributed by atoms with van der Waals surface area (Å²) in [5.41, 5.74) is 2.44. The number of hydrogen-bond acceptors (Lipinski definition) is 5. The molecule has 3 rings (SSSR count). The van der Waals surface area contributed by atoms with E-state index in [0.29, 0.717) is 17.1 Å². The van der Waals surface area contributed by atoms with Crippen LogP contribution >= 0.6 is 22.7 Å². The molecule has 0 saturated heterocycles. The standard InChI is InChI=1S/C17H21N3O2S2/c1-9-10(2)24-16(19-15(21)12-5-6-12)14(9)17(22)20(4)7-13-8-23-11(3)18-13/h8,12H,5-7H2,1-4H3,(H,19,21). The molecule has 7 heteroatoms. The molecule has 1 saturated carbocycles. The molecule has 24 heavy (non-hydrogen) atoms. The highest BCUT2D eigenvalue weighted by Crippen LogP contribution is 2.36. The molecule has 0 aromatic carbocycles. The summed E-state index contributed by atoms with van der Waals surface area (Å²) in [4.78, 5) is 32.2. The number of nitrogens with one attached hydrogen (secondary N) is 1. The van der Waals surface area contributed by atoms with Crippen LogP contribution < -0.4 is 5.32 Å². The fourth-order valence-corrected chi connectivity index (χ4v) is 4.18. The van der Waals surface area contributed by atoms with Crippen LogP contribution in [0.15, 0.2) is 5.38 Å². The number of thiazole rings is 1. The van der Waals surface area contributed by atoms with Gasteiger partial charge in [-0.1, -0.05) is 0 Å². The van der Waals surface area contributed by atoms with Gasteiger partial charge in [0.15, 0.2) is 0 Å². The lowest BCUT2D eigenvalue weighted by molar-refractivity contribution is -0.117. The van der Waals surface area contributed by atoms with Crippen molar-refractivity contribution in [3.63, 3.8) is 0 Å². The second-order valence-corrected chi connectivity index (χ2v) is 8.56. The number of aryl methyl sites for hydroxylation is 2. The molecule has 0 unspecified atom stereocenters. The highest BCUT2D eigenvalue weighted by molar-refractivity contribution is 7.16. The summed E-state index contributed by atoms with van der Waals surface area (Å²) < 4.78 is 0. The Labute approximate surface area is 149 Å². The normalized spacial score (nSPS) is 13.8. The monoisotopic (exact) mass is 363 g/mol. The van der Waals surface area contributed by atoms with Crippen LogP contribution in [0, 0.1) is 26.7 Å². The van der Waals surface area contributed by atoms with Crippen molar-refractivity contribution in [1.82, 2.24) is 9.88 Å². The minimum absolute atomic E-state index is 0.0306. The van der Waals surface area contributed by atoms with Crippen LogP contribution in [0.2, 0.25) is 0 Å². The molecule has 0 spiro atoms. The number of carbonyl (C=O) groups excluding carboxylic acids is 2. The molecular formula is C17H21N3O2S2. The van der Waals surface area contributed by atoms with Gasteiger partial charge in [0.25, 0.3) is 5.91 Å². The average molecular weight is 364 g/mol. The Morgan fingerprint density at radius 2 is 2.04 bits per heavy atom. The van der Waals surface area contributed by atoms with Crippen molar-refractivity contribution in [2.24, 2.45) is 5.92 Å². The minimum atomic E-state index is -0.0754. The Bertz CT molecular complexity index is 790. The zero-order valence-corrected chi connectivity index (χ0v) is 15.9. The van der Waals surface area contributed by atoms with E-state index in [1.807, 2.05) is 26.2 Å². The van der Waals surface area contributed by atoms with E-state index in [9.17, 15) is 9.59 Å². The van der Waals surface area contributed by atoms with Crippen LogP contribution in [0.5, 0.6) is 0 Å². The maximum Gasteiger partial charge on any atom is 0.257 e. The first-order chi connectivity index (χ1) is 11.4. The third-order valence-electron chi connectivity index (χ3n) is 4.20. The van der Waals surface area contributed by atoms with Crippen molar-refractivity contribution in [2.75, 3.05) is 12.4 Å². The number of carbonyl (C=O) groups is 2. The van der Waals surface area contributed by atoms with Crippen molar-refractivity contribution in [2.45, 2.75) is 40.2 Å². The smallest absolute Gasteiger partial charge is 0.257 e. The Morgan fingerprint density at radius 1 is 1.33 bits per heavy atom. The molecule has 0 radical (unpaired) electrons. The molecule has 2 heterocycles. The second-order valence-electron chi connectivity index (χ2n) is 6.27. The summed E-state index contributed by atoms with van der Waals surface area (Å²) in [6.07, 6.45) is 1.89. The summed E-state index contributed by atoms with van der Waals surface area (Å²) >= 11 is 3.06. The van der Waals surface area contributed by atoms with Gasteiger partial charge in [0.1, 0.15) is 5.00 Å². The van der Waals surface area contributed by atoms with Gasteiger partial charge in [-0.3, -0.25) is 9.59 Å².